The molecule has 0 aliphatic heterocycles. The largest absolute Gasteiger partial charge is 0.781 e. The molecule has 0 heterocycles. The van der Waals surface area contributed by atoms with Crippen LogP contribution in [0.15, 0.2) is 121 Å². The van der Waals surface area contributed by atoms with E-state index < -0.39 is 0 Å². The van der Waals surface area contributed by atoms with Gasteiger partial charge in [0, 0.05) is 20.4 Å². The zero-order valence-electron chi connectivity index (χ0n) is 17.5. The van der Waals surface area contributed by atoms with Crippen LogP contribution in [-0.4, -0.2) is 0 Å². The Morgan fingerprint density at radius 2 is 0.455 bits per heavy atom. The third-order valence-corrected chi connectivity index (χ3v) is 6.57. The van der Waals surface area contributed by atoms with Crippen LogP contribution in [0.25, 0.3) is 19.6 Å². The Morgan fingerprint density at radius 3 is 0.606 bits per heavy atom. The van der Waals surface area contributed by atoms with Crippen LogP contribution in [0, 0.1) is 0 Å². The molecule has 4 aromatic rings. The predicted molar refractivity (Wildman–Crippen MR) is 149 cm³/mol. The van der Waals surface area contributed by atoms with Gasteiger partial charge in [-0.2, -0.15) is 19.6 Å². The molecule has 0 saturated carbocycles. The minimum absolute atomic E-state index is 0. The molecule has 0 N–H and O–H groups in total. The van der Waals surface area contributed by atoms with Crippen LogP contribution >= 0.6 is 0 Å². The Kier molecular flexibility index (Phi) is 11.7. The van der Waals surface area contributed by atoms with Crippen molar-refractivity contribution >= 4 is 70.1 Å². The van der Waals surface area contributed by atoms with E-state index in [2.05, 4.69) is 0 Å². The third kappa shape index (κ3) is 8.01. The topological polar surface area (TPSA) is 0 Å². The Bertz CT molecular complexity index is 982. The van der Waals surface area contributed by atoms with Gasteiger partial charge in [0.05, 0.1) is 0 Å². The second-order valence-corrected chi connectivity index (χ2v) is 8.41. The van der Waals surface area contributed by atoms with Crippen molar-refractivity contribution in [2.24, 2.45) is 0 Å². The first-order valence-corrected chi connectivity index (χ1v) is 11.6. The summed E-state index contributed by atoms with van der Waals surface area (Å²) in [5.41, 5.74) is 4.02. The van der Waals surface area contributed by atoms with Gasteiger partial charge in [-0.25, -0.2) is 0 Å². The quantitative estimate of drug-likeness (QED) is 0.140. The summed E-state index contributed by atoms with van der Waals surface area (Å²) in [5.74, 6) is 0. The van der Waals surface area contributed by atoms with E-state index in [4.69, 9.17) is 50.5 Å². The maximum absolute atomic E-state index is 5.38. The molecule has 0 aliphatic carbocycles. The first-order chi connectivity index (χ1) is 15.6. The van der Waals surface area contributed by atoms with Gasteiger partial charge in [0.15, 0.2) is 0 Å². The summed E-state index contributed by atoms with van der Waals surface area (Å²) >= 11 is 21.5. The van der Waals surface area contributed by atoms with Crippen molar-refractivity contribution in [2.45, 2.75) is 0 Å². The third-order valence-electron chi connectivity index (χ3n) is 4.56. The summed E-state index contributed by atoms with van der Waals surface area (Å²) < 4.78 is 0. The Labute approximate surface area is 232 Å². The number of benzene rings is 4. The van der Waals surface area contributed by atoms with E-state index in [1.54, 1.807) is 0 Å². The van der Waals surface area contributed by atoms with Crippen LogP contribution in [0.2, 0.25) is 0 Å². The second-order valence-electron chi connectivity index (χ2n) is 6.78. The van der Waals surface area contributed by atoms with E-state index in [0.29, 0.717) is 0 Å². The Morgan fingerprint density at radius 1 is 0.303 bits per heavy atom. The zero-order chi connectivity index (χ0) is 22.8. The van der Waals surface area contributed by atoms with Gasteiger partial charge in [0.2, 0.25) is 0 Å². The molecule has 0 fully saturated rings. The number of hydrogen-bond donors (Lipinski definition) is 0. The van der Waals surface area contributed by atoms with E-state index in [1.165, 1.54) is 0 Å². The summed E-state index contributed by atoms with van der Waals surface area (Å²) in [6.07, 6.45) is 0. The van der Waals surface area contributed by atoms with Crippen molar-refractivity contribution in [3.8, 4) is 0 Å². The molecule has 5 heteroatoms. The molecule has 0 aliphatic rings. The van der Waals surface area contributed by atoms with Gasteiger partial charge in [-0.05, 0) is 22.3 Å². The van der Waals surface area contributed by atoms with Crippen molar-refractivity contribution in [1.82, 2.24) is 0 Å². The summed E-state index contributed by atoms with van der Waals surface area (Å²) in [4.78, 5) is 2.95. The van der Waals surface area contributed by atoms with Gasteiger partial charge in [-0.1, -0.05) is 121 Å². The SMILES string of the molecule is [Pd].[S-]C(=C([S-])c1ccccc1)c1ccccc1.[S-]C(=C([S-])c1ccccc1)c1ccccc1. The number of rotatable bonds is 4. The van der Waals surface area contributed by atoms with Gasteiger partial charge < -0.3 is 50.5 Å². The Hall–Kier alpha value is -2.10. The predicted octanol–water partition coefficient (Wildman–Crippen LogP) is 7.21. The van der Waals surface area contributed by atoms with E-state index in [-0.39, 0.29) is 20.4 Å². The van der Waals surface area contributed by atoms with E-state index in [1.807, 2.05) is 121 Å². The molecular formula is C28H20PdS4-4. The summed E-state index contributed by atoms with van der Waals surface area (Å²) in [5, 5.41) is 0. The van der Waals surface area contributed by atoms with Crippen LogP contribution in [0.4, 0.5) is 0 Å². The average Bonchev–Trinajstić information content (AvgIpc) is 2.89. The molecule has 0 atom stereocenters. The van der Waals surface area contributed by atoms with Crippen molar-refractivity contribution < 1.29 is 20.4 Å². The average molecular weight is 591 g/mol. The molecule has 0 radical (unpaired) electrons. The fourth-order valence-electron chi connectivity index (χ4n) is 2.88. The molecule has 0 aromatic heterocycles. The first kappa shape index (κ1) is 27.1. The van der Waals surface area contributed by atoms with Crippen molar-refractivity contribution in [1.29, 1.82) is 0 Å². The molecule has 170 valence electrons. The van der Waals surface area contributed by atoms with Crippen LogP contribution in [0.3, 0.4) is 0 Å². The molecule has 0 nitrogen and oxygen atoms in total. The molecule has 4 aromatic carbocycles. The first-order valence-electron chi connectivity index (χ1n) is 9.96. The van der Waals surface area contributed by atoms with Crippen molar-refractivity contribution in [3.05, 3.63) is 144 Å². The van der Waals surface area contributed by atoms with Crippen LogP contribution < -0.4 is 0 Å². The molecule has 0 amide bonds. The van der Waals surface area contributed by atoms with Crippen LogP contribution in [0.1, 0.15) is 22.3 Å². The standard InChI is InChI=1S/2C14H12S2.Pd/c2*15-13(11-7-3-1-4-8-11)14(16)12-9-5-2-6-10-12;/h2*1-10,15-16H;/p-4. The molecule has 33 heavy (non-hydrogen) atoms. The summed E-state index contributed by atoms with van der Waals surface area (Å²) in [6, 6.07) is 39.5. The smallest absolute Gasteiger partial charge is 0 e. The molecule has 0 spiro atoms. The van der Waals surface area contributed by atoms with Gasteiger partial charge in [0.1, 0.15) is 0 Å². The maximum Gasteiger partial charge on any atom is 0 e. The van der Waals surface area contributed by atoms with Crippen molar-refractivity contribution in [2.75, 3.05) is 0 Å². The van der Waals surface area contributed by atoms with Crippen LogP contribution in [-0.2, 0) is 70.9 Å². The van der Waals surface area contributed by atoms with E-state index in [0.717, 1.165) is 41.9 Å². The molecule has 4 rings (SSSR count). The van der Waals surface area contributed by atoms with E-state index in [9.17, 15) is 0 Å². The molecular weight excluding hydrogens is 571 g/mol. The molecule has 0 unspecified atom stereocenters. The normalized spacial score (nSPS) is 11.6. The molecule has 0 saturated heterocycles. The van der Waals surface area contributed by atoms with Gasteiger partial charge >= 0.3 is 0 Å². The zero-order valence-corrected chi connectivity index (χ0v) is 22.3. The van der Waals surface area contributed by atoms with Gasteiger partial charge in [0.25, 0.3) is 0 Å². The monoisotopic (exact) mass is 590 g/mol. The fourth-order valence-corrected chi connectivity index (χ4v) is 3.90. The van der Waals surface area contributed by atoms with E-state index >= 15 is 0 Å². The van der Waals surface area contributed by atoms with Crippen LogP contribution in [0.5, 0.6) is 0 Å². The maximum atomic E-state index is 5.38. The summed E-state index contributed by atoms with van der Waals surface area (Å²) in [7, 11) is 0. The fraction of sp³-hybridized carbons (Fsp3) is 0. The minimum Gasteiger partial charge on any atom is -0.781 e. The van der Waals surface area contributed by atoms with Crippen molar-refractivity contribution in [3.63, 3.8) is 0 Å². The minimum atomic E-state index is 0. The number of hydrogen-bond acceptors (Lipinski definition) is 4. The second kappa shape index (κ2) is 14.2. The summed E-state index contributed by atoms with van der Waals surface area (Å²) in [6.45, 7) is 0. The van der Waals surface area contributed by atoms with Gasteiger partial charge in [-0.15, -0.1) is 0 Å². The van der Waals surface area contributed by atoms with Gasteiger partial charge in [-0.3, -0.25) is 0 Å². The Balaban J connectivity index is 0.000000227. The molecule has 0 bridgehead atoms.